The average Bonchev–Trinajstić information content (AvgIpc) is 3.62. The minimum Gasteiger partial charge on any atom is -0.377 e. The number of oxime groups is 1. The topological polar surface area (TPSA) is 122 Å². The van der Waals surface area contributed by atoms with Crippen molar-refractivity contribution in [1.29, 1.82) is 0 Å². The molecule has 228 valence electrons. The Morgan fingerprint density at radius 1 is 1.21 bits per heavy atom. The van der Waals surface area contributed by atoms with Crippen LogP contribution >= 0.6 is 0 Å². The molecular formula is C31H43N5O5S. The van der Waals surface area contributed by atoms with Crippen LogP contribution in [-0.2, 0) is 37.5 Å². The smallest absolute Gasteiger partial charge is 0.264 e. The number of hydrogen-bond donors (Lipinski definition) is 2. The molecule has 1 aliphatic heterocycles. The fourth-order valence-corrected chi connectivity index (χ4v) is 6.59. The van der Waals surface area contributed by atoms with Crippen LogP contribution in [0, 0.1) is 0 Å². The standard InChI is InChI=1S/C31H43N5O5S/c1-5-7-14-29(33-31(22-37)17-10-11-18-31)36(4)20-24-15-16-26(25(19-24)21-40-6-2)27-12-8-9-13-28(27)42(38,39)35-30-32-23(3)41-34-30/h8-9,12-13,15-16,19,22-23H,5-7,10-11,14,17-18,20-21H2,1-4H3,(H2,32,34,35)/b33-29-. The van der Waals surface area contributed by atoms with Gasteiger partial charge >= 0.3 is 0 Å². The van der Waals surface area contributed by atoms with Gasteiger partial charge in [-0.1, -0.05) is 62.6 Å². The van der Waals surface area contributed by atoms with Crippen LogP contribution in [0.15, 0.2) is 57.5 Å². The van der Waals surface area contributed by atoms with E-state index in [1.54, 1.807) is 25.1 Å². The number of guanidine groups is 1. The van der Waals surface area contributed by atoms with E-state index in [0.29, 0.717) is 25.3 Å². The zero-order valence-electron chi connectivity index (χ0n) is 25.1. The van der Waals surface area contributed by atoms with Gasteiger partial charge < -0.3 is 24.6 Å². The highest BCUT2D eigenvalue weighted by atomic mass is 32.2. The maximum absolute atomic E-state index is 13.4. The van der Waals surface area contributed by atoms with Gasteiger partial charge in [0.25, 0.3) is 10.0 Å². The lowest BCUT2D eigenvalue weighted by atomic mass is 9.97. The number of aldehydes is 1. The Balaban J connectivity index is 1.65. The summed E-state index contributed by atoms with van der Waals surface area (Å²) < 4.78 is 35.1. The number of sulfonamides is 1. The first-order chi connectivity index (χ1) is 20.2. The van der Waals surface area contributed by atoms with E-state index in [9.17, 15) is 13.2 Å². The van der Waals surface area contributed by atoms with Crippen molar-refractivity contribution in [3.63, 3.8) is 0 Å². The highest BCUT2D eigenvalue weighted by Crippen LogP contribution is 2.33. The molecule has 0 aromatic heterocycles. The van der Waals surface area contributed by atoms with Crippen molar-refractivity contribution >= 4 is 28.1 Å². The molecule has 0 radical (unpaired) electrons. The monoisotopic (exact) mass is 597 g/mol. The third-order valence-electron chi connectivity index (χ3n) is 7.63. The first-order valence-electron chi connectivity index (χ1n) is 14.8. The third kappa shape index (κ3) is 7.69. The summed E-state index contributed by atoms with van der Waals surface area (Å²) in [6.45, 7) is 7.26. The zero-order valence-corrected chi connectivity index (χ0v) is 25.9. The number of benzene rings is 2. The van der Waals surface area contributed by atoms with Crippen LogP contribution in [-0.4, -0.2) is 56.8 Å². The van der Waals surface area contributed by atoms with Gasteiger partial charge in [0, 0.05) is 32.2 Å². The summed E-state index contributed by atoms with van der Waals surface area (Å²) in [6.07, 6.45) is 7.14. The van der Waals surface area contributed by atoms with Gasteiger partial charge in [-0.3, -0.25) is 4.99 Å². The summed E-state index contributed by atoms with van der Waals surface area (Å²) in [5, 5.41) is 6.60. The summed E-state index contributed by atoms with van der Waals surface area (Å²) >= 11 is 0. The molecule has 0 amide bonds. The summed E-state index contributed by atoms with van der Waals surface area (Å²) in [5.41, 5.74) is 2.65. The van der Waals surface area contributed by atoms with Crippen molar-refractivity contribution in [3.05, 3.63) is 53.6 Å². The predicted molar refractivity (Wildman–Crippen MR) is 164 cm³/mol. The van der Waals surface area contributed by atoms with Gasteiger partial charge in [-0.15, -0.1) is 0 Å². The Morgan fingerprint density at radius 2 is 1.98 bits per heavy atom. The number of aliphatic imine (C=N–C) groups is 1. The Morgan fingerprint density at radius 3 is 2.64 bits per heavy atom. The Labute approximate surface area is 249 Å². The van der Waals surface area contributed by atoms with E-state index < -0.39 is 21.8 Å². The summed E-state index contributed by atoms with van der Waals surface area (Å²) in [4.78, 5) is 24.4. The molecule has 1 saturated carbocycles. The second-order valence-electron chi connectivity index (χ2n) is 11.0. The first kappa shape index (κ1) is 31.5. The number of hydrogen-bond acceptors (Lipinski definition) is 8. The van der Waals surface area contributed by atoms with Crippen molar-refractivity contribution in [2.24, 2.45) is 10.1 Å². The fourth-order valence-electron chi connectivity index (χ4n) is 5.40. The molecule has 0 spiro atoms. The maximum atomic E-state index is 13.4. The van der Waals surface area contributed by atoms with Gasteiger partial charge in [0.15, 0.2) is 6.23 Å². The lowest BCUT2D eigenvalue weighted by Crippen LogP contribution is -2.40. The lowest BCUT2D eigenvalue weighted by molar-refractivity contribution is -0.112. The Hall–Kier alpha value is -3.44. The quantitative estimate of drug-likeness (QED) is 0.191. The molecule has 1 aliphatic carbocycles. The zero-order chi connectivity index (χ0) is 30.2. The number of nitrogens with zero attached hydrogens (tertiary/aromatic N) is 3. The SMILES string of the molecule is CCCC/C(=N/C1(C=O)CCCC1)N(C)Cc1ccc(-c2ccccc2S(=O)(=O)NC2=NOC(C)N2)c(COCC)c1. The number of carbonyl (C=O) groups is 1. The van der Waals surface area contributed by atoms with Crippen molar-refractivity contribution in [1.82, 2.24) is 14.9 Å². The van der Waals surface area contributed by atoms with E-state index in [-0.39, 0.29) is 10.9 Å². The molecule has 1 fully saturated rings. The van der Waals surface area contributed by atoms with Crippen molar-refractivity contribution in [3.8, 4) is 11.1 Å². The predicted octanol–water partition coefficient (Wildman–Crippen LogP) is 4.94. The minimum atomic E-state index is -3.97. The van der Waals surface area contributed by atoms with Crippen molar-refractivity contribution in [2.45, 2.75) is 95.5 Å². The Bertz CT molecular complexity index is 1400. The first-order valence-corrected chi connectivity index (χ1v) is 16.3. The highest BCUT2D eigenvalue weighted by molar-refractivity contribution is 7.90. The molecule has 2 N–H and O–H groups in total. The molecule has 2 aliphatic rings. The van der Waals surface area contributed by atoms with Gasteiger partial charge in [0.05, 0.1) is 11.5 Å². The second-order valence-corrected chi connectivity index (χ2v) is 12.6. The normalized spacial score (nSPS) is 18.2. The van der Waals surface area contributed by atoms with E-state index in [4.69, 9.17) is 14.6 Å². The molecule has 1 heterocycles. The summed E-state index contributed by atoms with van der Waals surface area (Å²) in [5.74, 6) is 0.991. The molecule has 11 heteroatoms. The summed E-state index contributed by atoms with van der Waals surface area (Å²) in [6, 6.07) is 12.9. The van der Waals surface area contributed by atoms with E-state index in [1.807, 2.05) is 32.2 Å². The maximum Gasteiger partial charge on any atom is 0.264 e. The van der Waals surface area contributed by atoms with Crippen molar-refractivity contribution < 1.29 is 22.8 Å². The number of ether oxygens (including phenoxy) is 1. The van der Waals surface area contributed by atoms with Crippen molar-refractivity contribution in [2.75, 3.05) is 13.7 Å². The molecular weight excluding hydrogens is 554 g/mol. The van der Waals surface area contributed by atoms with E-state index in [2.05, 4.69) is 33.1 Å². The highest BCUT2D eigenvalue weighted by Gasteiger charge is 2.34. The number of carbonyl (C=O) groups excluding carboxylic acids is 1. The molecule has 10 nitrogen and oxygen atoms in total. The largest absolute Gasteiger partial charge is 0.377 e. The molecule has 2 aromatic carbocycles. The lowest BCUT2D eigenvalue weighted by Gasteiger charge is -2.27. The van der Waals surface area contributed by atoms with Gasteiger partial charge in [-0.2, -0.15) is 0 Å². The number of amidine groups is 1. The number of rotatable bonds is 13. The Kier molecular flexibility index (Phi) is 10.6. The van der Waals surface area contributed by atoms with Crippen LogP contribution in [0.5, 0.6) is 0 Å². The van der Waals surface area contributed by atoms with E-state index in [0.717, 1.165) is 73.8 Å². The van der Waals surface area contributed by atoms with Crippen LogP contribution in [0.2, 0.25) is 0 Å². The van der Waals surface area contributed by atoms with Gasteiger partial charge in [-0.05, 0) is 61.0 Å². The number of unbranched alkanes of at least 4 members (excludes halogenated alkanes) is 1. The molecule has 4 rings (SSSR count). The molecule has 2 aromatic rings. The fraction of sp³-hybridized carbons (Fsp3) is 0.516. The third-order valence-corrected chi connectivity index (χ3v) is 9.02. The molecule has 42 heavy (non-hydrogen) atoms. The average molecular weight is 598 g/mol. The van der Waals surface area contributed by atoms with Crippen LogP contribution in [0.1, 0.15) is 76.8 Å². The van der Waals surface area contributed by atoms with Gasteiger partial charge in [0.1, 0.15) is 17.7 Å². The van der Waals surface area contributed by atoms with Gasteiger partial charge in [-0.25, -0.2) is 13.1 Å². The van der Waals surface area contributed by atoms with Crippen LogP contribution in [0.25, 0.3) is 11.1 Å². The van der Waals surface area contributed by atoms with Crippen LogP contribution < -0.4 is 10.0 Å². The molecule has 0 bridgehead atoms. The van der Waals surface area contributed by atoms with Crippen LogP contribution in [0.4, 0.5) is 0 Å². The second kappa shape index (κ2) is 14.2. The molecule has 1 atom stereocenters. The number of nitrogens with one attached hydrogen (secondary N) is 2. The van der Waals surface area contributed by atoms with Gasteiger partial charge in [0.2, 0.25) is 5.96 Å². The molecule has 0 saturated heterocycles. The molecule has 1 unspecified atom stereocenters. The summed E-state index contributed by atoms with van der Waals surface area (Å²) in [7, 11) is -1.95. The van der Waals surface area contributed by atoms with E-state index in [1.165, 1.54) is 0 Å². The minimum absolute atomic E-state index is 0.0414. The van der Waals surface area contributed by atoms with E-state index >= 15 is 0 Å². The van der Waals surface area contributed by atoms with Crippen LogP contribution in [0.3, 0.4) is 0 Å².